The van der Waals surface area contributed by atoms with Crippen molar-refractivity contribution < 1.29 is 27.0 Å². The molecule has 164 valence electrons. The average molecular weight is 447 g/mol. The van der Waals surface area contributed by atoms with Gasteiger partial charge in [0.05, 0.1) is 5.92 Å². The number of aryl methyl sites for hydroxylation is 2. The molecule has 1 atom stereocenters. The van der Waals surface area contributed by atoms with Crippen LogP contribution in [0.4, 0.5) is 0 Å². The number of nitrogens with zero attached hydrogens (tertiary/aromatic N) is 5. The SMILES string of the molecule is Cc1noc(C)c1S(=O)(=O)N1CCCC(C(=O)OCc2nc(-c3cccnc3)no2)C1. The Kier molecular flexibility index (Phi) is 5.83. The molecule has 12 heteroatoms. The first-order valence-electron chi connectivity index (χ1n) is 9.69. The molecule has 0 saturated carbocycles. The van der Waals surface area contributed by atoms with E-state index in [0.717, 1.165) is 0 Å². The maximum absolute atomic E-state index is 13.0. The number of rotatable bonds is 6. The summed E-state index contributed by atoms with van der Waals surface area (Å²) in [5.74, 6) is -0.399. The smallest absolute Gasteiger partial charge is 0.310 e. The van der Waals surface area contributed by atoms with Gasteiger partial charge in [0.2, 0.25) is 15.8 Å². The lowest BCUT2D eigenvalue weighted by Crippen LogP contribution is -2.43. The van der Waals surface area contributed by atoms with Gasteiger partial charge in [0.25, 0.3) is 5.89 Å². The Morgan fingerprint density at radius 3 is 2.84 bits per heavy atom. The number of carbonyl (C=O) groups excluding carboxylic acids is 1. The molecule has 0 aliphatic carbocycles. The minimum Gasteiger partial charge on any atom is -0.455 e. The summed E-state index contributed by atoms with van der Waals surface area (Å²) >= 11 is 0. The van der Waals surface area contributed by atoms with Crippen LogP contribution in [0.1, 0.15) is 30.2 Å². The van der Waals surface area contributed by atoms with Crippen LogP contribution in [0.5, 0.6) is 0 Å². The Balaban J connectivity index is 1.39. The van der Waals surface area contributed by atoms with E-state index in [9.17, 15) is 13.2 Å². The molecule has 1 aliphatic heterocycles. The van der Waals surface area contributed by atoms with E-state index in [-0.39, 0.29) is 29.7 Å². The van der Waals surface area contributed by atoms with Gasteiger partial charge < -0.3 is 13.8 Å². The summed E-state index contributed by atoms with van der Waals surface area (Å²) in [6.07, 6.45) is 4.29. The molecule has 31 heavy (non-hydrogen) atoms. The fourth-order valence-corrected chi connectivity index (χ4v) is 5.32. The number of carbonyl (C=O) groups is 1. The van der Waals surface area contributed by atoms with Crippen LogP contribution in [-0.2, 0) is 26.2 Å². The molecule has 0 aromatic carbocycles. The Labute approximate surface area is 178 Å². The number of hydrogen-bond acceptors (Lipinski definition) is 10. The van der Waals surface area contributed by atoms with Crippen molar-refractivity contribution in [1.82, 2.24) is 24.6 Å². The summed E-state index contributed by atoms with van der Waals surface area (Å²) in [7, 11) is -3.82. The summed E-state index contributed by atoms with van der Waals surface area (Å²) in [6, 6.07) is 3.53. The quantitative estimate of drug-likeness (QED) is 0.514. The Bertz CT molecular complexity index is 1150. The maximum Gasteiger partial charge on any atom is 0.310 e. The van der Waals surface area contributed by atoms with E-state index in [2.05, 4.69) is 20.3 Å². The van der Waals surface area contributed by atoms with Gasteiger partial charge >= 0.3 is 5.97 Å². The second kappa shape index (κ2) is 8.55. The van der Waals surface area contributed by atoms with Crippen LogP contribution in [0, 0.1) is 19.8 Å². The van der Waals surface area contributed by atoms with Crippen LogP contribution in [0.15, 0.2) is 38.5 Å². The van der Waals surface area contributed by atoms with Crippen LogP contribution >= 0.6 is 0 Å². The van der Waals surface area contributed by atoms with Crippen molar-refractivity contribution in [3.05, 3.63) is 41.9 Å². The normalized spacial score (nSPS) is 17.5. The zero-order valence-corrected chi connectivity index (χ0v) is 17.8. The van der Waals surface area contributed by atoms with Gasteiger partial charge in [0.1, 0.15) is 10.6 Å². The Hall–Kier alpha value is -3.12. The standard InChI is InChI=1S/C19H21N5O6S/c1-12-17(13(2)29-22-12)31(26,27)24-8-4-6-15(10-24)19(25)28-11-16-21-18(23-30-16)14-5-3-7-20-9-14/h3,5,7,9,15H,4,6,8,10-11H2,1-2H3. The lowest BCUT2D eigenvalue weighted by Gasteiger charge is -2.30. The highest BCUT2D eigenvalue weighted by Crippen LogP contribution is 2.28. The highest BCUT2D eigenvalue weighted by atomic mass is 32.2. The summed E-state index contributed by atoms with van der Waals surface area (Å²) in [5, 5.41) is 7.57. The first-order chi connectivity index (χ1) is 14.9. The van der Waals surface area contributed by atoms with Crippen LogP contribution < -0.4 is 0 Å². The number of sulfonamides is 1. The zero-order valence-electron chi connectivity index (χ0n) is 17.0. The van der Waals surface area contributed by atoms with Crippen molar-refractivity contribution in [2.45, 2.75) is 38.2 Å². The van der Waals surface area contributed by atoms with E-state index < -0.39 is 21.9 Å². The van der Waals surface area contributed by atoms with Crippen LogP contribution in [0.25, 0.3) is 11.4 Å². The topological polar surface area (TPSA) is 142 Å². The summed E-state index contributed by atoms with van der Waals surface area (Å²) in [4.78, 5) is 20.8. The monoisotopic (exact) mass is 447 g/mol. The second-order valence-electron chi connectivity index (χ2n) is 7.22. The predicted molar refractivity (Wildman–Crippen MR) is 105 cm³/mol. The summed E-state index contributed by atoms with van der Waals surface area (Å²) in [5.41, 5.74) is 0.972. The summed E-state index contributed by atoms with van der Waals surface area (Å²) < 4.78 is 42.7. The third-order valence-electron chi connectivity index (χ3n) is 5.01. The zero-order chi connectivity index (χ0) is 22.0. The molecule has 3 aromatic heterocycles. The van der Waals surface area contributed by atoms with Crippen molar-refractivity contribution in [2.24, 2.45) is 5.92 Å². The molecule has 0 N–H and O–H groups in total. The van der Waals surface area contributed by atoms with Gasteiger partial charge in [-0.1, -0.05) is 10.3 Å². The van der Waals surface area contributed by atoms with E-state index in [1.165, 1.54) is 4.31 Å². The fraction of sp³-hybridized carbons (Fsp3) is 0.421. The van der Waals surface area contributed by atoms with Crippen molar-refractivity contribution in [3.63, 3.8) is 0 Å². The first-order valence-corrected chi connectivity index (χ1v) is 11.1. The Morgan fingerprint density at radius 2 is 2.13 bits per heavy atom. The summed E-state index contributed by atoms with van der Waals surface area (Å²) in [6.45, 7) is 3.26. The van der Waals surface area contributed by atoms with Crippen molar-refractivity contribution in [1.29, 1.82) is 0 Å². The van der Waals surface area contributed by atoms with Gasteiger partial charge in [-0.2, -0.15) is 9.29 Å². The number of ether oxygens (including phenoxy) is 1. The predicted octanol–water partition coefficient (Wildman–Crippen LogP) is 1.88. The number of pyridine rings is 1. The van der Waals surface area contributed by atoms with Gasteiger partial charge in [-0.3, -0.25) is 9.78 Å². The van der Waals surface area contributed by atoms with Gasteiger partial charge in [-0.15, -0.1) is 0 Å². The first kappa shape index (κ1) is 21.1. The van der Waals surface area contributed by atoms with Crippen LogP contribution in [-0.4, -0.2) is 52.1 Å². The lowest BCUT2D eigenvalue weighted by atomic mass is 10.0. The number of piperidine rings is 1. The molecule has 1 saturated heterocycles. The molecule has 1 fully saturated rings. The van der Waals surface area contributed by atoms with Gasteiger partial charge in [-0.05, 0) is 38.8 Å². The molecule has 0 radical (unpaired) electrons. The van der Waals surface area contributed by atoms with Crippen LogP contribution in [0.2, 0.25) is 0 Å². The molecule has 3 aromatic rings. The van der Waals surface area contributed by atoms with Gasteiger partial charge in [0.15, 0.2) is 12.4 Å². The number of esters is 1. The highest BCUT2D eigenvalue weighted by Gasteiger charge is 2.37. The molecule has 1 unspecified atom stereocenters. The van der Waals surface area contributed by atoms with Gasteiger partial charge in [-0.25, -0.2) is 8.42 Å². The van der Waals surface area contributed by atoms with Gasteiger partial charge in [0, 0.05) is 31.0 Å². The van der Waals surface area contributed by atoms with Crippen molar-refractivity contribution >= 4 is 16.0 Å². The molecular weight excluding hydrogens is 426 g/mol. The molecule has 0 spiro atoms. The van der Waals surface area contributed by atoms with Crippen LogP contribution in [0.3, 0.4) is 0 Å². The second-order valence-corrected chi connectivity index (χ2v) is 9.09. The molecule has 11 nitrogen and oxygen atoms in total. The Morgan fingerprint density at radius 1 is 1.29 bits per heavy atom. The van der Waals surface area contributed by atoms with E-state index in [1.807, 2.05) is 0 Å². The third-order valence-corrected chi connectivity index (χ3v) is 7.12. The lowest BCUT2D eigenvalue weighted by molar-refractivity contribution is -0.151. The van der Waals surface area contributed by atoms with E-state index >= 15 is 0 Å². The molecule has 1 aliphatic rings. The van der Waals surface area contributed by atoms with E-state index in [0.29, 0.717) is 36.5 Å². The maximum atomic E-state index is 13.0. The van der Waals surface area contributed by atoms with E-state index in [4.69, 9.17) is 13.8 Å². The molecule has 4 rings (SSSR count). The van der Waals surface area contributed by atoms with Crippen molar-refractivity contribution in [3.8, 4) is 11.4 Å². The molecule has 4 heterocycles. The average Bonchev–Trinajstić information content (AvgIpc) is 3.39. The third kappa shape index (κ3) is 4.35. The van der Waals surface area contributed by atoms with Crippen molar-refractivity contribution in [2.75, 3.05) is 13.1 Å². The minimum atomic E-state index is -3.82. The number of hydrogen-bond donors (Lipinski definition) is 0. The molecular formula is C19H21N5O6S. The highest BCUT2D eigenvalue weighted by molar-refractivity contribution is 7.89. The van der Waals surface area contributed by atoms with E-state index in [1.54, 1.807) is 38.4 Å². The number of aromatic nitrogens is 4. The molecule has 0 amide bonds. The fourth-order valence-electron chi connectivity index (χ4n) is 3.50. The largest absolute Gasteiger partial charge is 0.455 e. The molecule has 0 bridgehead atoms. The minimum absolute atomic E-state index is 0.0238.